The standard InChI is InChI=1S/C26H35F3N4O2Si/c1-25(2,3)36(4,5)35-13-12-34-11-10-33-18-31-17-24(33)19-6-8-21(14-19)32-22-9-7-20(16-30)23(15-22)26(27,28)29/h6-7,9,15,17-18,21,32H,8,10-14H2,1-5H3. The molecule has 0 spiro atoms. The number of nitriles is 1. The molecular formula is C26H35F3N4O2Si. The number of aromatic nitrogens is 2. The molecule has 196 valence electrons. The Balaban J connectivity index is 1.49. The van der Waals surface area contributed by atoms with Crippen LogP contribution < -0.4 is 5.32 Å². The van der Waals surface area contributed by atoms with E-state index in [-0.39, 0.29) is 16.6 Å². The Morgan fingerprint density at radius 2 is 1.94 bits per heavy atom. The van der Waals surface area contributed by atoms with Crippen LogP contribution in [0.5, 0.6) is 0 Å². The lowest BCUT2D eigenvalue weighted by Crippen LogP contribution is -2.41. The molecule has 1 aromatic heterocycles. The Morgan fingerprint density at radius 1 is 1.19 bits per heavy atom. The van der Waals surface area contributed by atoms with E-state index in [0.717, 1.165) is 17.3 Å². The fourth-order valence-electron chi connectivity index (χ4n) is 3.84. The van der Waals surface area contributed by atoms with Crippen LogP contribution in [0.3, 0.4) is 0 Å². The zero-order valence-corrected chi connectivity index (χ0v) is 22.6. The highest BCUT2D eigenvalue weighted by atomic mass is 28.4. The van der Waals surface area contributed by atoms with Crippen molar-refractivity contribution < 1.29 is 22.3 Å². The molecule has 0 fully saturated rings. The third-order valence-electron chi connectivity index (χ3n) is 6.95. The Morgan fingerprint density at radius 3 is 2.61 bits per heavy atom. The first-order valence-electron chi connectivity index (χ1n) is 12.1. The summed E-state index contributed by atoms with van der Waals surface area (Å²) in [5.74, 6) is 0. The molecular weight excluding hydrogens is 485 g/mol. The molecule has 2 aromatic rings. The second-order valence-corrected chi connectivity index (χ2v) is 15.4. The Hall–Kier alpha value is -2.61. The van der Waals surface area contributed by atoms with Crippen LogP contribution in [-0.2, 0) is 21.9 Å². The highest BCUT2D eigenvalue weighted by molar-refractivity contribution is 6.74. The molecule has 1 N–H and O–H groups in total. The normalized spacial score (nSPS) is 16.6. The predicted octanol–water partition coefficient (Wildman–Crippen LogP) is 6.47. The molecule has 1 heterocycles. The molecule has 1 aliphatic carbocycles. The van der Waals surface area contributed by atoms with E-state index in [2.05, 4.69) is 50.2 Å². The van der Waals surface area contributed by atoms with E-state index in [0.29, 0.717) is 44.9 Å². The van der Waals surface area contributed by atoms with Crippen molar-refractivity contribution in [2.75, 3.05) is 25.1 Å². The molecule has 10 heteroatoms. The third-order valence-corrected chi connectivity index (χ3v) is 11.5. The van der Waals surface area contributed by atoms with E-state index in [9.17, 15) is 13.2 Å². The summed E-state index contributed by atoms with van der Waals surface area (Å²) in [5, 5.41) is 12.3. The van der Waals surface area contributed by atoms with Crippen LogP contribution in [0.4, 0.5) is 18.9 Å². The van der Waals surface area contributed by atoms with Crippen LogP contribution in [-0.4, -0.2) is 43.7 Å². The summed E-state index contributed by atoms with van der Waals surface area (Å²) in [6.45, 7) is 13.4. The number of benzene rings is 1. The summed E-state index contributed by atoms with van der Waals surface area (Å²) >= 11 is 0. The highest BCUT2D eigenvalue weighted by Gasteiger charge is 2.37. The van der Waals surface area contributed by atoms with E-state index >= 15 is 0 Å². The van der Waals surface area contributed by atoms with Crippen LogP contribution in [0.25, 0.3) is 5.57 Å². The quantitative estimate of drug-likeness (QED) is 0.287. The Kier molecular flexibility index (Phi) is 8.70. The van der Waals surface area contributed by atoms with Crippen molar-refractivity contribution >= 4 is 19.6 Å². The summed E-state index contributed by atoms with van der Waals surface area (Å²) in [4.78, 5) is 4.28. The fraction of sp³-hybridized carbons (Fsp3) is 0.538. The van der Waals surface area contributed by atoms with Crippen molar-refractivity contribution in [2.24, 2.45) is 0 Å². The average Bonchev–Trinajstić information content (AvgIpc) is 3.44. The van der Waals surface area contributed by atoms with Gasteiger partial charge in [0.15, 0.2) is 8.32 Å². The lowest BCUT2D eigenvalue weighted by Gasteiger charge is -2.36. The summed E-state index contributed by atoms with van der Waals surface area (Å²) in [6.07, 6.45) is 2.43. The first kappa shape index (κ1) is 28.0. The minimum Gasteiger partial charge on any atom is -0.414 e. The van der Waals surface area contributed by atoms with Crippen molar-refractivity contribution in [2.45, 2.75) is 70.5 Å². The third kappa shape index (κ3) is 6.99. The van der Waals surface area contributed by atoms with Gasteiger partial charge in [-0.1, -0.05) is 26.8 Å². The molecule has 1 atom stereocenters. The summed E-state index contributed by atoms with van der Waals surface area (Å²) < 4.78 is 53.8. The van der Waals surface area contributed by atoms with Gasteiger partial charge in [-0.15, -0.1) is 0 Å². The van der Waals surface area contributed by atoms with Gasteiger partial charge in [0.1, 0.15) is 0 Å². The molecule has 3 rings (SSSR count). The smallest absolute Gasteiger partial charge is 0.414 e. The summed E-state index contributed by atoms with van der Waals surface area (Å²) in [7, 11) is -1.78. The number of rotatable bonds is 10. The number of anilines is 1. The number of hydrogen-bond donors (Lipinski definition) is 1. The van der Waals surface area contributed by atoms with Gasteiger partial charge in [-0.25, -0.2) is 4.98 Å². The lowest BCUT2D eigenvalue weighted by atomic mass is 10.1. The topological polar surface area (TPSA) is 72.1 Å². The number of ether oxygens (including phenoxy) is 1. The van der Waals surface area contributed by atoms with Gasteiger partial charge in [0.05, 0.1) is 55.2 Å². The van der Waals surface area contributed by atoms with Gasteiger partial charge in [0.2, 0.25) is 0 Å². The number of hydrogen-bond acceptors (Lipinski definition) is 5. The van der Waals surface area contributed by atoms with Crippen molar-refractivity contribution in [3.05, 3.63) is 53.6 Å². The molecule has 0 aliphatic heterocycles. The molecule has 0 saturated carbocycles. The molecule has 1 aromatic carbocycles. The van der Waals surface area contributed by atoms with Crippen LogP contribution in [0.1, 0.15) is 50.4 Å². The molecule has 36 heavy (non-hydrogen) atoms. The largest absolute Gasteiger partial charge is 0.417 e. The Labute approximate surface area is 212 Å². The van der Waals surface area contributed by atoms with E-state index in [1.54, 1.807) is 18.6 Å². The molecule has 0 bridgehead atoms. The van der Waals surface area contributed by atoms with Crippen molar-refractivity contribution in [1.82, 2.24) is 9.55 Å². The highest BCUT2D eigenvalue weighted by Crippen LogP contribution is 2.37. The van der Waals surface area contributed by atoms with E-state index < -0.39 is 20.1 Å². The minimum absolute atomic E-state index is 0.0406. The maximum absolute atomic E-state index is 13.3. The number of halogens is 3. The first-order valence-corrected chi connectivity index (χ1v) is 15.0. The minimum atomic E-state index is -4.58. The molecule has 1 unspecified atom stereocenters. The number of alkyl halides is 3. The first-order chi connectivity index (χ1) is 16.8. The van der Waals surface area contributed by atoms with Crippen LogP contribution in [0.15, 0.2) is 36.8 Å². The number of nitrogens with one attached hydrogen (secondary N) is 1. The average molecular weight is 521 g/mol. The van der Waals surface area contributed by atoms with Crippen LogP contribution in [0.2, 0.25) is 18.1 Å². The second-order valence-electron chi connectivity index (χ2n) is 10.6. The van der Waals surface area contributed by atoms with Gasteiger partial charge in [-0.3, -0.25) is 0 Å². The zero-order chi connectivity index (χ0) is 26.6. The van der Waals surface area contributed by atoms with Crippen molar-refractivity contribution in [3.8, 4) is 6.07 Å². The zero-order valence-electron chi connectivity index (χ0n) is 21.6. The van der Waals surface area contributed by atoms with E-state index in [1.807, 2.05) is 4.57 Å². The molecule has 1 aliphatic rings. The Bertz CT molecular complexity index is 1110. The van der Waals surface area contributed by atoms with Gasteiger partial charge in [-0.2, -0.15) is 18.4 Å². The van der Waals surface area contributed by atoms with Gasteiger partial charge >= 0.3 is 6.18 Å². The number of imidazole rings is 1. The molecule has 6 nitrogen and oxygen atoms in total. The van der Waals surface area contributed by atoms with Gasteiger partial charge in [0.25, 0.3) is 0 Å². The maximum Gasteiger partial charge on any atom is 0.417 e. The molecule has 0 amide bonds. The van der Waals surface area contributed by atoms with E-state index in [1.165, 1.54) is 12.1 Å². The van der Waals surface area contributed by atoms with Gasteiger partial charge in [0, 0.05) is 18.3 Å². The van der Waals surface area contributed by atoms with Gasteiger partial charge < -0.3 is 19.0 Å². The number of nitrogens with zero attached hydrogens (tertiary/aromatic N) is 3. The van der Waals surface area contributed by atoms with Crippen LogP contribution >= 0.6 is 0 Å². The maximum atomic E-state index is 13.3. The summed E-state index contributed by atoms with van der Waals surface area (Å²) in [5.41, 5.74) is 1.12. The molecule has 0 saturated heterocycles. The summed E-state index contributed by atoms with van der Waals surface area (Å²) in [6, 6.07) is 5.30. The van der Waals surface area contributed by atoms with Crippen molar-refractivity contribution in [1.29, 1.82) is 5.26 Å². The van der Waals surface area contributed by atoms with Gasteiger partial charge in [-0.05, 0) is 54.7 Å². The second kappa shape index (κ2) is 11.2. The fourth-order valence-corrected chi connectivity index (χ4v) is 4.87. The van der Waals surface area contributed by atoms with E-state index in [4.69, 9.17) is 14.4 Å². The SMILES string of the molecule is CC(C)(C)[Si](C)(C)OCCOCCn1cncc1C1=CCC(Nc2ccc(C#N)c(C(F)(F)F)c2)C1. The predicted molar refractivity (Wildman–Crippen MR) is 137 cm³/mol. The lowest BCUT2D eigenvalue weighted by molar-refractivity contribution is -0.137. The van der Waals surface area contributed by atoms with Crippen LogP contribution in [0, 0.1) is 11.3 Å². The monoisotopic (exact) mass is 520 g/mol. The van der Waals surface area contributed by atoms with Crippen molar-refractivity contribution in [3.63, 3.8) is 0 Å². The molecule has 0 radical (unpaired) electrons.